The smallest absolute Gasteiger partial charge is 0.320 e. The van der Waals surface area contributed by atoms with Gasteiger partial charge in [-0.3, -0.25) is 19.7 Å². The fraction of sp³-hybridized carbons (Fsp3) is 0.429. The summed E-state index contributed by atoms with van der Waals surface area (Å²) in [4.78, 5) is 34.9. The molecule has 1 aliphatic heterocycles. The minimum atomic E-state index is -1.48. The molecule has 0 fully saturated rings. The Morgan fingerprint density at radius 1 is 1.35 bits per heavy atom. The molecule has 0 saturated heterocycles. The Kier molecular flexibility index (Phi) is 5.05. The summed E-state index contributed by atoms with van der Waals surface area (Å²) in [5.74, 6) is -4.09. The van der Waals surface area contributed by atoms with Crippen LogP contribution in [-0.4, -0.2) is 43.7 Å². The monoisotopic (exact) mass is 343 g/mol. The summed E-state index contributed by atoms with van der Waals surface area (Å²) in [6.45, 7) is -0.281. The number of methoxy groups -OCH3 is 2. The summed E-state index contributed by atoms with van der Waals surface area (Å²) >= 11 is 5.94. The first-order chi connectivity index (χ1) is 10.9. The lowest BCUT2D eigenvalue weighted by atomic mass is 9.79. The second-order valence-corrected chi connectivity index (χ2v) is 5.33. The maximum Gasteiger partial charge on any atom is 0.320 e. The topological polar surface area (TPSA) is 105 Å². The Bertz CT molecular complexity index is 632. The van der Waals surface area contributed by atoms with Crippen LogP contribution >= 0.6 is 11.6 Å². The second-order valence-electron chi connectivity index (χ2n) is 4.90. The number of fused-ring (bicyclic) bond motifs is 1. The molecule has 1 aromatic carbocycles. The Labute approximate surface area is 136 Å². The molecule has 2 rings (SSSR count). The van der Waals surface area contributed by atoms with Crippen molar-refractivity contribution in [3.8, 4) is 5.75 Å². The standard InChI is InChI=1S/C14H14ClNO7/c1-21-13(17)12(14(18)22-2)11-8-5-7(15)3-4-10(8)23-6-9(11)16(19)20/h3-5,9,11-12H,6H2,1-2H3. The molecule has 1 aromatic rings. The SMILES string of the molecule is COC(=O)C(C(=O)OC)C1c2cc(Cl)ccc2OCC1[N+](=O)[O-]. The summed E-state index contributed by atoms with van der Waals surface area (Å²) in [5.41, 5.74) is 0.297. The predicted octanol–water partition coefficient (Wildman–Crippen LogP) is 1.42. The second kappa shape index (κ2) is 6.82. The summed E-state index contributed by atoms with van der Waals surface area (Å²) in [7, 11) is 2.19. The van der Waals surface area contributed by atoms with Gasteiger partial charge in [0.15, 0.2) is 12.5 Å². The van der Waals surface area contributed by atoms with E-state index in [1.54, 1.807) is 6.07 Å². The van der Waals surface area contributed by atoms with Crippen LogP contribution in [0.2, 0.25) is 5.02 Å². The van der Waals surface area contributed by atoms with Gasteiger partial charge in [0.25, 0.3) is 6.04 Å². The molecule has 0 spiro atoms. The number of hydrogen-bond acceptors (Lipinski definition) is 7. The molecular weight excluding hydrogens is 330 g/mol. The molecule has 2 unspecified atom stereocenters. The molecule has 124 valence electrons. The lowest BCUT2D eigenvalue weighted by Gasteiger charge is -2.31. The Morgan fingerprint density at radius 3 is 2.48 bits per heavy atom. The van der Waals surface area contributed by atoms with Gasteiger partial charge in [-0.2, -0.15) is 0 Å². The third-order valence-electron chi connectivity index (χ3n) is 3.70. The number of ether oxygens (including phenoxy) is 3. The third kappa shape index (κ3) is 3.21. The van der Waals surface area contributed by atoms with Gasteiger partial charge in [-0.1, -0.05) is 11.6 Å². The van der Waals surface area contributed by atoms with Crippen molar-refractivity contribution in [2.24, 2.45) is 5.92 Å². The first-order valence-electron chi connectivity index (χ1n) is 6.62. The van der Waals surface area contributed by atoms with Gasteiger partial charge in [0.05, 0.1) is 20.1 Å². The lowest BCUT2D eigenvalue weighted by molar-refractivity contribution is -0.531. The van der Waals surface area contributed by atoms with E-state index in [0.717, 1.165) is 14.2 Å². The molecule has 0 amide bonds. The van der Waals surface area contributed by atoms with Crippen molar-refractivity contribution in [1.29, 1.82) is 0 Å². The molecule has 0 aromatic heterocycles. The summed E-state index contributed by atoms with van der Waals surface area (Å²) in [6, 6.07) is 3.21. The average Bonchev–Trinajstić information content (AvgIpc) is 2.54. The molecule has 0 radical (unpaired) electrons. The van der Waals surface area contributed by atoms with E-state index in [1.807, 2.05) is 0 Å². The van der Waals surface area contributed by atoms with Crippen LogP contribution < -0.4 is 4.74 Å². The molecule has 9 heteroatoms. The molecule has 23 heavy (non-hydrogen) atoms. The Balaban J connectivity index is 2.61. The van der Waals surface area contributed by atoms with Gasteiger partial charge in [0.2, 0.25) is 0 Å². The maximum atomic E-state index is 12.1. The Morgan fingerprint density at radius 2 is 1.96 bits per heavy atom. The summed E-state index contributed by atoms with van der Waals surface area (Å²) in [6.07, 6.45) is 0. The largest absolute Gasteiger partial charge is 0.486 e. The zero-order valence-electron chi connectivity index (χ0n) is 12.4. The fourth-order valence-corrected chi connectivity index (χ4v) is 2.81. The number of hydrogen-bond donors (Lipinski definition) is 0. The number of nitrogens with zero attached hydrogens (tertiary/aromatic N) is 1. The zero-order chi connectivity index (χ0) is 17.1. The number of benzene rings is 1. The van der Waals surface area contributed by atoms with Gasteiger partial charge in [0.1, 0.15) is 5.75 Å². The first-order valence-corrected chi connectivity index (χ1v) is 7.00. The van der Waals surface area contributed by atoms with Crippen LogP contribution in [0.1, 0.15) is 11.5 Å². The zero-order valence-corrected chi connectivity index (χ0v) is 13.1. The molecule has 0 bridgehead atoms. The number of carbonyl (C=O) groups is 2. The van der Waals surface area contributed by atoms with E-state index in [4.69, 9.17) is 16.3 Å². The van der Waals surface area contributed by atoms with Gasteiger partial charge >= 0.3 is 11.9 Å². The van der Waals surface area contributed by atoms with Crippen LogP contribution in [0.5, 0.6) is 5.75 Å². The van der Waals surface area contributed by atoms with Gasteiger partial charge < -0.3 is 14.2 Å². The van der Waals surface area contributed by atoms with Gasteiger partial charge in [-0.25, -0.2) is 0 Å². The number of halogens is 1. The highest BCUT2D eigenvalue weighted by Gasteiger charge is 2.50. The van der Waals surface area contributed by atoms with Crippen LogP contribution in [0.25, 0.3) is 0 Å². The minimum absolute atomic E-state index is 0.281. The van der Waals surface area contributed by atoms with Crippen molar-refractivity contribution in [3.05, 3.63) is 38.9 Å². The van der Waals surface area contributed by atoms with Gasteiger partial charge in [0, 0.05) is 15.5 Å². The summed E-state index contributed by atoms with van der Waals surface area (Å²) < 4.78 is 14.6. The maximum absolute atomic E-state index is 12.1. The van der Waals surface area contributed by atoms with E-state index in [2.05, 4.69) is 9.47 Å². The number of esters is 2. The molecule has 1 heterocycles. The van der Waals surface area contributed by atoms with E-state index < -0.39 is 34.7 Å². The summed E-state index contributed by atoms with van der Waals surface area (Å²) in [5, 5.41) is 11.7. The normalized spacial score (nSPS) is 19.5. The van der Waals surface area contributed by atoms with E-state index in [0.29, 0.717) is 16.3 Å². The van der Waals surface area contributed by atoms with Crippen molar-refractivity contribution in [2.75, 3.05) is 20.8 Å². The molecule has 0 aliphatic carbocycles. The van der Waals surface area contributed by atoms with E-state index in [-0.39, 0.29) is 6.61 Å². The highest BCUT2D eigenvalue weighted by molar-refractivity contribution is 6.30. The molecule has 8 nitrogen and oxygen atoms in total. The number of nitro groups is 1. The van der Waals surface area contributed by atoms with Crippen molar-refractivity contribution < 1.29 is 28.7 Å². The average molecular weight is 344 g/mol. The van der Waals surface area contributed by atoms with Crippen molar-refractivity contribution in [2.45, 2.75) is 12.0 Å². The molecule has 0 N–H and O–H groups in total. The van der Waals surface area contributed by atoms with E-state index in [1.165, 1.54) is 12.1 Å². The highest BCUT2D eigenvalue weighted by atomic mass is 35.5. The van der Waals surface area contributed by atoms with Crippen molar-refractivity contribution in [3.63, 3.8) is 0 Å². The first kappa shape index (κ1) is 17.0. The van der Waals surface area contributed by atoms with Gasteiger partial charge in [-0.05, 0) is 18.2 Å². The van der Waals surface area contributed by atoms with E-state index in [9.17, 15) is 19.7 Å². The molecule has 2 atom stereocenters. The number of rotatable bonds is 4. The molecule has 0 saturated carbocycles. The van der Waals surface area contributed by atoms with Crippen LogP contribution in [0.3, 0.4) is 0 Å². The van der Waals surface area contributed by atoms with Crippen LogP contribution in [-0.2, 0) is 19.1 Å². The lowest BCUT2D eigenvalue weighted by Crippen LogP contribution is -2.46. The third-order valence-corrected chi connectivity index (χ3v) is 3.93. The van der Waals surface area contributed by atoms with Crippen LogP contribution in [0.4, 0.5) is 0 Å². The van der Waals surface area contributed by atoms with Crippen molar-refractivity contribution in [1.82, 2.24) is 0 Å². The predicted molar refractivity (Wildman–Crippen MR) is 78.0 cm³/mol. The van der Waals surface area contributed by atoms with Crippen LogP contribution in [0.15, 0.2) is 18.2 Å². The van der Waals surface area contributed by atoms with Gasteiger partial charge in [-0.15, -0.1) is 0 Å². The van der Waals surface area contributed by atoms with Crippen molar-refractivity contribution >= 4 is 23.5 Å². The quantitative estimate of drug-likeness (QED) is 0.352. The number of carbonyl (C=O) groups excluding carboxylic acids is 2. The fourth-order valence-electron chi connectivity index (χ4n) is 2.63. The highest BCUT2D eigenvalue weighted by Crippen LogP contribution is 2.41. The Hall–Kier alpha value is -2.35. The van der Waals surface area contributed by atoms with E-state index >= 15 is 0 Å². The molecule has 1 aliphatic rings. The molecular formula is C14H14ClNO7. The minimum Gasteiger partial charge on any atom is -0.486 e. The van der Waals surface area contributed by atoms with Crippen LogP contribution in [0, 0.1) is 16.0 Å².